The van der Waals surface area contributed by atoms with E-state index < -0.39 is 6.10 Å². The van der Waals surface area contributed by atoms with Crippen molar-refractivity contribution in [2.24, 2.45) is 5.92 Å². The highest BCUT2D eigenvalue weighted by Crippen LogP contribution is 2.32. The first-order valence-electron chi connectivity index (χ1n) is 8.71. The van der Waals surface area contributed by atoms with Crippen LogP contribution in [-0.2, 0) is 9.53 Å². The summed E-state index contributed by atoms with van der Waals surface area (Å²) < 4.78 is 17.0. The molecule has 3 aliphatic heterocycles. The third-order valence-electron chi connectivity index (χ3n) is 5.18. The summed E-state index contributed by atoms with van der Waals surface area (Å²) in [4.78, 5) is 17.3. The standard InChI is InChI=1S/C18H24N2O4/c1-13-10-20(11-14(13)19-6-8-22-9-7-19)18(21)17-12-23-15-4-2-3-5-16(15)24-17/h2-5,13-14,17H,6-12H2,1H3. The van der Waals surface area contributed by atoms with E-state index in [4.69, 9.17) is 14.2 Å². The maximum atomic E-state index is 12.9. The number of para-hydroxylation sites is 2. The van der Waals surface area contributed by atoms with Crippen molar-refractivity contribution in [3.63, 3.8) is 0 Å². The van der Waals surface area contributed by atoms with Crippen LogP contribution in [0.15, 0.2) is 24.3 Å². The molecule has 24 heavy (non-hydrogen) atoms. The lowest BCUT2D eigenvalue weighted by molar-refractivity contribution is -0.140. The molecule has 0 radical (unpaired) electrons. The number of hydrogen-bond acceptors (Lipinski definition) is 5. The van der Waals surface area contributed by atoms with E-state index >= 15 is 0 Å². The van der Waals surface area contributed by atoms with Crippen LogP contribution in [0.1, 0.15) is 6.92 Å². The lowest BCUT2D eigenvalue weighted by Crippen LogP contribution is -2.49. The van der Waals surface area contributed by atoms with E-state index in [2.05, 4.69) is 11.8 Å². The zero-order valence-electron chi connectivity index (χ0n) is 14.0. The number of nitrogens with zero attached hydrogens (tertiary/aromatic N) is 2. The van der Waals surface area contributed by atoms with Crippen LogP contribution >= 0.6 is 0 Å². The fraction of sp³-hybridized carbons (Fsp3) is 0.611. The Morgan fingerprint density at radius 1 is 1.12 bits per heavy atom. The van der Waals surface area contributed by atoms with E-state index in [9.17, 15) is 4.79 Å². The Balaban J connectivity index is 1.40. The van der Waals surface area contributed by atoms with Crippen molar-refractivity contribution in [3.8, 4) is 11.5 Å². The van der Waals surface area contributed by atoms with Gasteiger partial charge in [0.25, 0.3) is 5.91 Å². The molecule has 6 heteroatoms. The molecule has 3 unspecified atom stereocenters. The largest absolute Gasteiger partial charge is 0.485 e. The number of carbonyl (C=O) groups excluding carboxylic acids is 1. The van der Waals surface area contributed by atoms with Gasteiger partial charge in [-0.3, -0.25) is 9.69 Å². The first-order chi connectivity index (χ1) is 11.7. The molecule has 0 N–H and O–H groups in total. The number of rotatable bonds is 2. The topological polar surface area (TPSA) is 51.2 Å². The summed E-state index contributed by atoms with van der Waals surface area (Å²) in [7, 11) is 0. The van der Waals surface area contributed by atoms with E-state index in [1.165, 1.54) is 0 Å². The summed E-state index contributed by atoms with van der Waals surface area (Å²) in [6.45, 7) is 7.52. The van der Waals surface area contributed by atoms with Crippen LogP contribution in [0.4, 0.5) is 0 Å². The number of amides is 1. The summed E-state index contributed by atoms with van der Waals surface area (Å²) in [5.74, 6) is 1.86. The fourth-order valence-electron chi connectivity index (χ4n) is 3.86. The fourth-order valence-corrected chi connectivity index (χ4v) is 3.86. The molecule has 3 aliphatic rings. The highest BCUT2D eigenvalue weighted by molar-refractivity contribution is 5.82. The molecule has 130 valence electrons. The molecule has 0 bridgehead atoms. The summed E-state index contributed by atoms with van der Waals surface area (Å²) >= 11 is 0. The zero-order valence-corrected chi connectivity index (χ0v) is 14.0. The molecular formula is C18H24N2O4. The minimum absolute atomic E-state index is 0.0344. The second kappa shape index (κ2) is 6.61. The molecule has 0 aromatic heterocycles. The Bertz CT molecular complexity index is 602. The minimum Gasteiger partial charge on any atom is -0.485 e. The van der Waals surface area contributed by atoms with Crippen molar-refractivity contribution in [1.29, 1.82) is 0 Å². The van der Waals surface area contributed by atoms with E-state index in [0.29, 0.717) is 23.5 Å². The van der Waals surface area contributed by atoms with Gasteiger partial charge in [-0.15, -0.1) is 0 Å². The summed E-state index contributed by atoms with van der Waals surface area (Å²) in [6.07, 6.45) is -0.546. The molecule has 0 spiro atoms. The Hall–Kier alpha value is -1.79. The molecule has 3 atom stereocenters. The van der Waals surface area contributed by atoms with Gasteiger partial charge >= 0.3 is 0 Å². The average Bonchev–Trinajstić information content (AvgIpc) is 3.03. The number of hydrogen-bond donors (Lipinski definition) is 0. The van der Waals surface area contributed by atoms with Gasteiger partial charge in [0.05, 0.1) is 13.2 Å². The zero-order chi connectivity index (χ0) is 16.5. The van der Waals surface area contributed by atoms with Gasteiger partial charge in [-0.2, -0.15) is 0 Å². The second-order valence-electron chi connectivity index (χ2n) is 6.80. The summed E-state index contributed by atoms with van der Waals surface area (Å²) in [5.41, 5.74) is 0. The van der Waals surface area contributed by atoms with Crippen molar-refractivity contribution < 1.29 is 19.0 Å². The van der Waals surface area contributed by atoms with Gasteiger partial charge in [0.15, 0.2) is 11.5 Å². The Labute approximate surface area is 142 Å². The smallest absolute Gasteiger partial charge is 0.267 e. The van der Waals surface area contributed by atoms with Crippen LogP contribution in [0.2, 0.25) is 0 Å². The summed E-state index contributed by atoms with van der Waals surface area (Å²) in [5, 5.41) is 0. The molecule has 1 aromatic rings. The second-order valence-corrected chi connectivity index (χ2v) is 6.80. The first-order valence-corrected chi connectivity index (χ1v) is 8.71. The van der Waals surface area contributed by atoms with Crippen molar-refractivity contribution in [2.45, 2.75) is 19.1 Å². The molecular weight excluding hydrogens is 308 g/mol. The first kappa shape index (κ1) is 15.7. The maximum absolute atomic E-state index is 12.9. The normalized spacial score (nSPS) is 30.4. The monoisotopic (exact) mass is 332 g/mol. The number of carbonyl (C=O) groups is 1. The van der Waals surface area contributed by atoms with Gasteiger partial charge < -0.3 is 19.1 Å². The molecule has 0 saturated carbocycles. The van der Waals surface area contributed by atoms with Crippen LogP contribution in [-0.4, -0.2) is 73.9 Å². The van der Waals surface area contributed by atoms with Gasteiger partial charge in [0, 0.05) is 32.2 Å². The van der Waals surface area contributed by atoms with Crippen LogP contribution in [0.5, 0.6) is 11.5 Å². The van der Waals surface area contributed by atoms with Crippen LogP contribution in [0, 0.1) is 5.92 Å². The van der Waals surface area contributed by atoms with E-state index in [0.717, 1.165) is 39.4 Å². The van der Waals surface area contributed by atoms with Crippen LogP contribution in [0.3, 0.4) is 0 Å². The van der Waals surface area contributed by atoms with Gasteiger partial charge in [-0.05, 0) is 18.1 Å². The number of fused-ring (bicyclic) bond motifs is 1. The molecule has 6 nitrogen and oxygen atoms in total. The van der Waals surface area contributed by atoms with Gasteiger partial charge in [-0.25, -0.2) is 0 Å². The average molecular weight is 332 g/mol. The predicted octanol–water partition coefficient (Wildman–Crippen LogP) is 1.01. The van der Waals surface area contributed by atoms with Crippen molar-refractivity contribution >= 4 is 5.91 Å². The van der Waals surface area contributed by atoms with Crippen LogP contribution in [0.25, 0.3) is 0 Å². The molecule has 2 fully saturated rings. The van der Waals surface area contributed by atoms with E-state index in [-0.39, 0.29) is 12.5 Å². The van der Waals surface area contributed by atoms with E-state index in [1.807, 2.05) is 29.2 Å². The highest BCUT2D eigenvalue weighted by Gasteiger charge is 2.40. The molecule has 1 amide bonds. The summed E-state index contributed by atoms with van der Waals surface area (Å²) in [6, 6.07) is 7.91. The number of likely N-dealkylation sites (tertiary alicyclic amines) is 1. The number of ether oxygens (including phenoxy) is 3. The molecule has 1 aromatic carbocycles. The SMILES string of the molecule is CC1CN(C(=O)C2COc3ccccc3O2)CC1N1CCOCC1. The molecule has 0 aliphatic carbocycles. The predicted molar refractivity (Wildman–Crippen MR) is 88.3 cm³/mol. The lowest BCUT2D eigenvalue weighted by atomic mass is 10.0. The van der Waals surface area contributed by atoms with Gasteiger partial charge in [0.1, 0.15) is 6.61 Å². The van der Waals surface area contributed by atoms with Gasteiger partial charge in [0.2, 0.25) is 6.10 Å². The van der Waals surface area contributed by atoms with Crippen LogP contribution < -0.4 is 9.47 Å². The Kier molecular flexibility index (Phi) is 4.33. The van der Waals surface area contributed by atoms with Crippen molar-refractivity contribution in [3.05, 3.63) is 24.3 Å². The number of benzene rings is 1. The lowest BCUT2D eigenvalue weighted by Gasteiger charge is -2.34. The molecule has 4 rings (SSSR count). The maximum Gasteiger partial charge on any atom is 0.267 e. The third kappa shape index (κ3) is 2.96. The van der Waals surface area contributed by atoms with Gasteiger partial charge in [-0.1, -0.05) is 19.1 Å². The van der Waals surface area contributed by atoms with Crippen molar-refractivity contribution in [2.75, 3.05) is 46.0 Å². The van der Waals surface area contributed by atoms with Crippen molar-refractivity contribution in [1.82, 2.24) is 9.80 Å². The third-order valence-corrected chi connectivity index (χ3v) is 5.18. The molecule has 2 saturated heterocycles. The number of morpholine rings is 1. The van der Waals surface area contributed by atoms with E-state index in [1.54, 1.807) is 0 Å². The quantitative estimate of drug-likeness (QED) is 0.809. The Morgan fingerprint density at radius 3 is 2.67 bits per heavy atom. The Morgan fingerprint density at radius 2 is 1.88 bits per heavy atom. The minimum atomic E-state index is -0.546. The highest BCUT2D eigenvalue weighted by atomic mass is 16.6. The molecule has 3 heterocycles.